The summed E-state index contributed by atoms with van der Waals surface area (Å²) in [4.78, 5) is 13.5. The van der Waals surface area contributed by atoms with Crippen molar-refractivity contribution in [1.82, 2.24) is 9.62 Å². The third-order valence-electron chi connectivity index (χ3n) is 2.77. The van der Waals surface area contributed by atoms with Crippen LogP contribution in [0.3, 0.4) is 0 Å². The van der Waals surface area contributed by atoms with E-state index in [1.54, 1.807) is 25.1 Å². The van der Waals surface area contributed by atoms with Crippen molar-refractivity contribution >= 4 is 15.9 Å². The molecule has 0 aliphatic rings. The first-order valence-electron chi connectivity index (χ1n) is 6.24. The average Bonchev–Trinajstić information content (AvgIpc) is 2.35. The lowest BCUT2D eigenvalue weighted by molar-refractivity contribution is -0.133. The van der Waals surface area contributed by atoms with Gasteiger partial charge in [0.1, 0.15) is 5.82 Å². The van der Waals surface area contributed by atoms with Crippen LogP contribution in [0.1, 0.15) is 19.4 Å². The van der Waals surface area contributed by atoms with Gasteiger partial charge in [0.15, 0.2) is 0 Å². The first kappa shape index (κ1) is 16.6. The molecule has 0 aliphatic carbocycles. The Kier molecular flexibility index (Phi) is 5.64. The van der Waals surface area contributed by atoms with Crippen molar-refractivity contribution in [1.29, 1.82) is 0 Å². The minimum atomic E-state index is -3.46. The highest BCUT2D eigenvalue weighted by atomic mass is 32.2. The summed E-state index contributed by atoms with van der Waals surface area (Å²) in [6.07, 6.45) is 0.990. The Morgan fingerprint density at radius 1 is 1.40 bits per heavy atom. The zero-order valence-electron chi connectivity index (χ0n) is 11.8. The maximum atomic E-state index is 13.6. The third-order valence-corrected chi connectivity index (χ3v) is 3.56. The van der Waals surface area contributed by atoms with E-state index < -0.39 is 16.1 Å². The Morgan fingerprint density at radius 2 is 2.00 bits per heavy atom. The molecule has 0 unspecified atom stereocenters. The summed E-state index contributed by atoms with van der Waals surface area (Å²) < 4.78 is 38.0. The molecular formula is C13H19FN2O3S. The van der Waals surface area contributed by atoms with Gasteiger partial charge in [-0.05, 0) is 19.9 Å². The van der Waals surface area contributed by atoms with Gasteiger partial charge in [0.25, 0.3) is 0 Å². The van der Waals surface area contributed by atoms with Crippen LogP contribution in [0, 0.1) is 5.82 Å². The number of nitrogens with one attached hydrogen (secondary N) is 1. The fourth-order valence-electron chi connectivity index (χ4n) is 1.82. The van der Waals surface area contributed by atoms with Gasteiger partial charge in [0, 0.05) is 18.7 Å². The summed E-state index contributed by atoms with van der Waals surface area (Å²) in [6.45, 7) is 3.69. The predicted molar refractivity (Wildman–Crippen MR) is 74.9 cm³/mol. The lowest BCUT2D eigenvalue weighted by Crippen LogP contribution is -2.46. The Bertz CT molecular complexity index is 575. The minimum absolute atomic E-state index is 0.109. The van der Waals surface area contributed by atoms with Crippen LogP contribution in [0.4, 0.5) is 4.39 Å². The van der Waals surface area contributed by atoms with Crippen molar-refractivity contribution in [3.63, 3.8) is 0 Å². The molecule has 112 valence electrons. The second-order valence-electron chi connectivity index (χ2n) is 4.56. The highest BCUT2D eigenvalue weighted by Crippen LogP contribution is 2.11. The molecule has 1 aromatic carbocycles. The Hall–Kier alpha value is -1.47. The summed E-state index contributed by atoms with van der Waals surface area (Å²) >= 11 is 0. The smallest absolute Gasteiger partial charge is 0.240 e. The van der Waals surface area contributed by atoms with E-state index in [4.69, 9.17) is 0 Å². The molecule has 0 radical (unpaired) electrons. The predicted octanol–water partition coefficient (Wildman–Crippen LogP) is 1.11. The van der Waals surface area contributed by atoms with Gasteiger partial charge < -0.3 is 4.90 Å². The molecule has 0 spiro atoms. The average molecular weight is 302 g/mol. The van der Waals surface area contributed by atoms with Gasteiger partial charge in [0.05, 0.1) is 12.3 Å². The molecule has 0 saturated heterocycles. The molecule has 20 heavy (non-hydrogen) atoms. The number of hydrogen-bond acceptors (Lipinski definition) is 3. The van der Waals surface area contributed by atoms with E-state index in [0.29, 0.717) is 12.1 Å². The molecule has 0 heterocycles. The standard InChI is InChI=1S/C13H19FN2O3S/c1-4-16(9-11-7-5-6-8-12(11)14)13(17)10(2)15-20(3,18)19/h5-8,10,15H,4,9H2,1-3H3/t10-/m0/s1. The zero-order chi connectivity index (χ0) is 15.3. The van der Waals surface area contributed by atoms with Crippen LogP contribution < -0.4 is 4.72 Å². The van der Waals surface area contributed by atoms with E-state index in [0.717, 1.165) is 6.26 Å². The quantitative estimate of drug-likeness (QED) is 0.856. The van der Waals surface area contributed by atoms with Crippen molar-refractivity contribution in [2.24, 2.45) is 0 Å². The second-order valence-corrected chi connectivity index (χ2v) is 6.34. The SMILES string of the molecule is CCN(Cc1ccccc1F)C(=O)[C@H](C)NS(C)(=O)=O. The number of carbonyl (C=O) groups is 1. The van der Waals surface area contributed by atoms with Crippen LogP contribution in [0.5, 0.6) is 0 Å². The minimum Gasteiger partial charge on any atom is -0.337 e. The maximum absolute atomic E-state index is 13.6. The normalized spacial score (nSPS) is 13.0. The first-order chi connectivity index (χ1) is 9.24. The van der Waals surface area contributed by atoms with Crippen LogP contribution in [0.25, 0.3) is 0 Å². The summed E-state index contributed by atoms with van der Waals surface area (Å²) in [5.74, 6) is -0.774. The molecule has 0 fully saturated rings. The summed E-state index contributed by atoms with van der Waals surface area (Å²) in [5.41, 5.74) is 0.397. The molecule has 1 rings (SSSR count). The largest absolute Gasteiger partial charge is 0.337 e. The van der Waals surface area contributed by atoms with Gasteiger partial charge in [-0.25, -0.2) is 17.5 Å². The van der Waals surface area contributed by atoms with Gasteiger partial charge in [-0.1, -0.05) is 18.2 Å². The fraction of sp³-hybridized carbons (Fsp3) is 0.462. The van der Waals surface area contributed by atoms with Crippen molar-refractivity contribution in [2.45, 2.75) is 26.4 Å². The second kappa shape index (κ2) is 6.81. The molecular weight excluding hydrogens is 283 g/mol. The number of carbonyl (C=O) groups excluding carboxylic acids is 1. The topological polar surface area (TPSA) is 66.5 Å². The fourth-order valence-corrected chi connectivity index (χ4v) is 2.57. The molecule has 0 saturated carbocycles. The number of halogens is 1. The molecule has 0 bridgehead atoms. The number of amides is 1. The molecule has 1 amide bonds. The van der Waals surface area contributed by atoms with E-state index in [1.807, 2.05) is 0 Å². The van der Waals surface area contributed by atoms with Gasteiger partial charge in [-0.15, -0.1) is 0 Å². The number of likely N-dealkylation sites (N-methyl/N-ethyl adjacent to an activating group) is 1. The summed E-state index contributed by atoms with van der Waals surface area (Å²) in [7, 11) is -3.46. The van der Waals surface area contributed by atoms with Crippen molar-refractivity contribution in [3.05, 3.63) is 35.6 Å². The molecule has 0 aliphatic heterocycles. The van der Waals surface area contributed by atoms with Crippen molar-refractivity contribution < 1.29 is 17.6 Å². The third kappa shape index (κ3) is 4.90. The van der Waals surface area contributed by atoms with E-state index >= 15 is 0 Å². The van der Waals surface area contributed by atoms with E-state index in [1.165, 1.54) is 17.9 Å². The number of benzene rings is 1. The zero-order valence-corrected chi connectivity index (χ0v) is 12.6. The summed E-state index contributed by atoms with van der Waals surface area (Å²) in [6, 6.07) is 5.31. The van der Waals surface area contributed by atoms with E-state index in [9.17, 15) is 17.6 Å². The van der Waals surface area contributed by atoms with Crippen molar-refractivity contribution in [2.75, 3.05) is 12.8 Å². The van der Waals surface area contributed by atoms with Crippen LogP contribution in [-0.4, -0.2) is 38.1 Å². The van der Waals surface area contributed by atoms with Gasteiger partial charge in [-0.3, -0.25) is 4.79 Å². The van der Waals surface area contributed by atoms with Crippen LogP contribution in [-0.2, 0) is 21.4 Å². The molecule has 0 aromatic heterocycles. The molecule has 7 heteroatoms. The highest BCUT2D eigenvalue weighted by Gasteiger charge is 2.22. The first-order valence-corrected chi connectivity index (χ1v) is 8.13. The number of nitrogens with zero attached hydrogens (tertiary/aromatic N) is 1. The molecule has 1 aromatic rings. The van der Waals surface area contributed by atoms with Crippen LogP contribution in [0.2, 0.25) is 0 Å². The lowest BCUT2D eigenvalue weighted by Gasteiger charge is -2.24. The Labute approximate surface area is 118 Å². The van der Waals surface area contributed by atoms with Gasteiger partial charge in [-0.2, -0.15) is 0 Å². The number of hydrogen-bond donors (Lipinski definition) is 1. The number of rotatable bonds is 6. The van der Waals surface area contributed by atoms with Crippen LogP contribution in [0.15, 0.2) is 24.3 Å². The Morgan fingerprint density at radius 3 is 2.50 bits per heavy atom. The molecule has 1 atom stereocenters. The molecule has 5 nitrogen and oxygen atoms in total. The number of sulfonamides is 1. The highest BCUT2D eigenvalue weighted by molar-refractivity contribution is 7.88. The summed E-state index contributed by atoms with van der Waals surface area (Å²) in [5, 5.41) is 0. The Balaban J connectivity index is 2.81. The van der Waals surface area contributed by atoms with E-state index in [2.05, 4.69) is 4.72 Å². The molecule has 1 N–H and O–H groups in total. The maximum Gasteiger partial charge on any atom is 0.240 e. The lowest BCUT2D eigenvalue weighted by atomic mass is 10.2. The van der Waals surface area contributed by atoms with Crippen molar-refractivity contribution in [3.8, 4) is 0 Å². The van der Waals surface area contributed by atoms with E-state index in [-0.39, 0.29) is 18.3 Å². The monoisotopic (exact) mass is 302 g/mol. The van der Waals surface area contributed by atoms with Gasteiger partial charge >= 0.3 is 0 Å². The van der Waals surface area contributed by atoms with Gasteiger partial charge in [0.2, 0.25) is 15.9 Å². The van der Waals surface area contributed by atoms with Crippen LogP contribution >= 0.6 is 0 Å².